The number of nitrogens with one attached hydrogen (secondary N) is 1. The number of ether oxygens (including phenoxy) is 1. The number of hydrogen-bond acceptors (Lipinski definition) is 7. The zero-order valence-corrected chi connectivity index (χ0v) is 18.4. The van der Waals surface area contributed by atoms with Gasteiger partial charge in [0.15, 0.2) is 0 Å². The molecule has 2 N–H and O–H groups in total. The first-order valence-corrected chi connectivity index (χ1v) is 10.5. The number of rotatable bonds is 5. The summed E-state index contributed by atoms with van der Waals surface area (Å²) in [6, 6.07) is 13.9. The standard InChI is InChI=1S/C24H20N6O4/c1-13-21-18(14-3-5-16(6-4-14)23(32)33)11-20(31)27-22(21)30(29-13)24-26-19(12-25-28-24)15-7-9-17(34-2)10-8-15/h3-10,12,18H,11H2,1-2H3,(H,27,31)(H,32,33)/t18-/m0/s1. The summed E-state index contributed by atoms with van der Waals surface area (Å²) in [5.41, 5.74) is 3.98. The molecule has 1 aliphatic rings. The van der Waals surface area contributed by atoms with Gasteiger partial charge in [-0.25, -0.2) is 9.78 Å². The fourth-order valence-corrected chi connectivity index (χ4v) is 4.12. The number of benzene rings is 2. The zero-order chi connectivity index (χ0) is 23.8. The highest BCUT2D eigenvalue weighted by molar-refractivity contribution is 5.95. The van der Waals surface area contributed by atoms with E-state index in [9.17, 15) is 14.7 Å². The van der Waals surface area contributed by atoms with Crippen LogP contribution in [0.3, 0.4) is 0 Å². The largest absolute Gasteiger partial charge is 0.497 e. The molecule has 0 radical (unpaired) electrons. The van der Waals surface area contributed by atoms with Crippen molar-refractivity contribution in [3.8, 4) is 23.0 Å². The van der Waals surface area contributed by atoms with Gasteiger partial charge in [-0.3, -0.25) is 4.79 Å². The van der Waals surface area contributed by atoms with Crippen LogP contribution in [0.2, 0.25) is 0 Å². The molecule has 0 bridgehead atoms. The lowest BCUT2D eigenvalue weighted by Gasteiger charge is -2.24. The lowest BCUT2D eigenvalue weighted by Crippen LogP contribution is -2.25. The Morgan fingerprint density at radius 1 is 1.15 bits per heavy atom. The van der Waals surface area contributed by atoms with E-state index in [1.54, 1.807) is 25.4 Å². The van der Waals surface area contributed by atoms with Crippen LogP contribution in [0.1, 0.15) is 39.5 Å². The van der Waals surface area contributed by atoms with Gasteiger partial charge in [-0.2, -0.15) is 14.9 Å². The van der Waals surface area contributed by atoms with Gasteiger partial charge in [0, 0.05) is 23.5 Å². The number of amides is 1. The summed E-state index contributed by atoms with van der Waals surface area (Å²) >= 11 is 0. The zero-order valence-electron chi connectivity index (χ0n) is 18.4. The second-order valence-corrected chi connectivity index (χ2v) is 7.86. The number of aromatic nitrogens is 5. The SMILES string of the molecule is COc1ccc(-c2cnnc(-n3nc(C)c4c3NC(=O)C[C@H]4c3ccc(C(=O)O)cc3)n2)cc1. The summed E-state index contributed by atoms with van der Waals surface area (Å²) in [6.07, 6.45) is 1.77. The van der Waals surface area contributed by atoms with Gasteiger partial charge in [0.1, 0.15) is 11.6 Å². The number of carboxylic acids is 1. The van der Waals surface area contributed by atoms with E-state index in [-0.39, 0.29) is 29.8 Å². The Kier molecular flexibility index (Phi) is 5.25. The molecule has 34 heavy (non-hydrogen) atoms. The molecule has 2 aromatic heterocycles. The quantitative estimate of drug-likeness (QED) is 0.468. The number of aryl methyl sites for hydroxylation is 1. The highest BCUT2D eigenvalue weighted by Gasteiger charge is 2.33. The lowest BCUT2D eigenvalue weighted by atomic mass is 9.85. The van der Waals surface area contributed by atoms with Gasteiger partial charge in [-0.05, 0) is 48.9 Å². The fraction of sp³-hybridized carbons (Fsp3) is 0.167. The van der Waals surface area contributed by atoms with Crippen LogP contribution in [0, 0.1) is 6.92 Å². The number of fused-ring (bicyclic) bond motifs is 1. The minimum atomic E-state index is -1.00. The molecule has 2 aromatic carbocycles. The molecule has 5 rings (SSSR count). The molecular formula is C24H20N6O4. The van der Waals surface area contributed by atoms with Crippen molar-refractivity contribution in [1.82, 2.24) is 25.0 Å². The number of carbonyl (C=O) groups is 2. The molecule has 0 fully saturated rings. The third-order valence-electron chi connectivity index (χ3n) is 5.79. The molecule has 10 nitrogen and oxygen atoms in total. The minimum Gasteiger partial charge on any atom is -0.497 e. The van der Waals surface area contributed by atoms with E-state index in [0.29, 0.717) is 17.2 Å². The summed E-state index contributed by atoms with van der Waals surface area (Å²) in [5, 5.41) is 24.9. The Balaban J connectivity index is 1.56. The van der Waals surface area contributed by atoms with Crippen LogP contribution in [0.25, 0.3) is 17.2 Å². The Morgan fingerprint density at radius 3 is 2.56 bits per heavy atom. The third kappa shape index (κ3) is 3.75. The van der Waals surface area contributed by atoms with E-state index in [1.807, 2.05) is 31.2 Å². The van der Waals surface area contributed by atoms with Crippen molar-refractivity contribution < 1.29 is 19.4 Å². The van der Waals surface area contributed by atoms with E-state index in [0.717, 1.165) is 22.4 Å². The predicted molar refractivity (Wildman–Crippen MR) is 122 cm³/mol. The van der Waals surface area contributed by atoms with E-state index in [2.05, 4.69) is 25.6 Å². The third-order valence-corrected chi connectivity index (χ3v) is 5.79. The first-order chi connectivity index (χ1) is 16.4. The molecule has 0 saturated heterocycles. The van der Waals surface area contributed by atoms with Crippen molar-refractivity contribution in [1.29, 1.82) is 0 Å². The average molecular weight is 456 g/mol. The number of hydrogen-bond donors (Lipinski definition) is 2. The van der Waals surface area contributed by atoms with Crippen LogP contribution in [0.5, 0.6) is 5.75 Å². The van der Waals surface area contributed by atoms with Crippen LogP contribution in [0.15, 0.2) is 54.7 Å². The van der Waals surface area contributed by atoms with Crippen LogP contribution >= 0.6 is 0 Å². The molecule has 1 aliphatic heterocycles. The van der Waals surface area contributed by atoms with Gasteiger partial charge in [-0.15, -0.1) is 5.10 Å². The molecule has 0 aliphatic carbocycles. The maximum Gasteiger partial charge on any atom is 0.335 e. The second kappa shape index (κ2) is 8.39. The van der Waals surface area contributed by atoms with Gasteiger partial charge in [0.05, 0.1) is 30.3 Å². The molecule has 1 atom stereocenters. The molecule has 0 saturated carbocycles. The van der Waals surface area contributed by atoms with Crippen LogP contribution in [-0.2, 0) is 4.79 Å². The molecule has 10 heteroatoms. The van der Waals surface area contributed by atoms with Crippen LogP contribution < -0.4 is 10.1 Å². The smallest absolute Gasteiger partial charge is 0.335 e. The monoisotopic (exact) mass is 456 g/mol. The van der Waals surface area contributed by atoms with Gasteiger partial charge in [0.2, 0.25) is 5.91 Å². The Morgan fingerprint density at radius 2 is 1.88 bits per heavy atom. The predicted octanol–water partition coefficient (Wildman–Crippen LogP) is 3.21. The van der Waals surface area contributed by atoms with Gasteiger partial charge < -0.3 is 15.2 Å². The second-order valence-electron chi connectivity index (χ2n) is 7.86. The fourth-order valence-electron chi connectivity index (χ4n) is 4.12. The number of nitrogens with zero attached hydrogens (tertiary/aromatic N) is 5. The lowest BCUT2D eigenvalue weighted by molar-refractivity contribution is -0.116. The highest BCUT2D eigenvalue weighted by atomic mass is 16.5. The molecule has 4 aromatic rings. The van der Waals surface area contributed by atoms with Crippen molar-refractivity contribution in [3.63, 3.8) is 0 Å². The Hall–Kier alpha value is -4.60. The minimum absolute atomic E-state index is 0.180. The van der Waals surface area contributed by atoms with E-state index >= 15 is 0 Å². The molecule has 3 heterocycles. The maximum absolute atomic E-state index is 12.6. The molecule has 0 unspecified atom stereocenters. The summed E-state index contributed by atoms with van der Waals surface area (Å²) in [7, 11) is 1.60. The van der Waals surface area contributed by atoms with E-state index in [1.165, 1.54) is 16.8 Å². The van der Waals surface area contributed by atoms with Crippen molar-refractivity contribution >= 4 is 17.7 Å². The van der Waals surface area contributed by atoms with Gasteiger partial charge in [0.25, 0.3) is 5.95 Å². The normalized spacial score (nSPS) is 14.9. The van der Waals surface area contributed by atoms with Crippen LogP contribution in [-0.4, -0.2) is 49.1 Å². The number of anilines is 1. The van der Waals surface area contributed by atoms with Crippen molar-refractivity contribution in [2.75, 3.05) is 12.4 Å². The number of aromatic carboxylic acids is 1. The summed E-state index contributed by atoms with van der Waals surface area (Å²) in [6.45, 7) is 1.85. The summed E-state index contributed by atoms with van der Waals surface area (Å²) in [5.74, 6) is -0.0280. The Labute approximate surface area is 194 Å². The number of methoxy groups -OCH3 is 1. The summed E-state index contributed by atoms with van der Waals surface area (Å²) < 4.78 is 6.69. The van der Waals surface area contributed by atoms with Gasteiger partial charge >= 0.3 is 5.97 Å². The topological polar surface area (TPSA) is 132 Å². The maximum atomic E-state index is 12.6. The Bertz CT molecular complexity index is 1400. The van der Waals surface area contributed by atoms with Crippen molar-refractivity contribution in [3.05, 3.63) is 77.1 Å². The molecule has 0 spiro atoms. The highest BCUT2D eigenvalue weighted by Crippen LogP contribution is 2.40. The van der Waals surface area contributed by atoms with E-state index < -0.39 is 5.97 Å². The number of carboxylic acid groups (broad SMARTS) is 1. The number of carbonyl (C=O) groups excluding carboxylic acids is 1. The molecular weight excluding hydrogens is 436 g/mol. The first-order valence-electron chi connectivity index (χ1n) is 10.5. The van der Waals surface area contributed by atoms with Gasteiger partial charge in [-0.1, -0.05) is 12.1 Å². The summed E-state index contributed by atoms with van der Waals surface area (Å²) in [4.78, 5) is 28.4. The average Bonchev–Trinajstić information content (AvgIpc) is 3.19. The van der Waals surface area contributed by atoms with E-state index in [4.69, 9.17) is 4.74 Å². The first kappa shape index (κ1) is 21.3. The van der Waals surface area contributed by atoms with Crippen LogP contribution in [0.4, 0.5) is 5.82 Å². The molecule has 1 amide bonds. The van der Waals surface area contributed by atoms with Crippen molar-refractivity contribution in [2.45, 2.75) is 19.3 Å². The van der Waals surface area contributed by atoms with Crippen molar-refractivity contribution in [2.24, 2.45) is 0 Å². The molecule has 170 valence electrons.